The summed E-state index contributed by atoms with van der Waals surface area (Å²) in [6.45, 7) is 2.01. The Morgan fingerprint density at radius 1 is 1.14 bits per heavy atom. The predicted molar refractivity (Wildman–Crippen MR) is 84.9 cm³/mol. The lowest BCUT2D eigenvalue weighted by molar-refractivity contribution is 0.415. The van der Waals surface area contributed by atoms with Crippen LogP contribution in [0.1, 0.15) is 18.5 Å². The van der Waals surface area contributed by atoms with Crippen molar-refractivity contribution < 1.29 is 9.13 Å². The zero-order chi connectivity index (χ0) is 15.4. The van der Waals surface area contributed by atoms with Crippen LogP contribution < -0.4 is 15.0 Å². The lowest BCUT2D eigenvalue weighted by atomic mass is 10.0. The lowest BCUT2D eigenvalue weighted by Gasteiger charge is -2.25. The fourth-order valence-electron chi connectivity index (χ4n) is 2.28. The molecule has 0 aliphatic heterocycles. The highest BCUT2D eigenvalue weighted by Crippen LogP contribution is 2.32. The summed E-state index contributed by atoms with van der Waals surface area (Å²) in [5.74, 6) is 0.592. The summed E-state index contributed by atoms with van der Waals surface area (Å²) in [7, 11) is 5.49. The first kappa shape index (κ1) is 15.3. The Bertz CT molecular complexity index is 598. The first-order valence-corrected chi connectivity index (χ1v) is 6.91. The second-order valence-electron chi connectivity index (χ2n) is 4.97. The molecule has 0 aromatic heterocycles. The minimum absolute atomic E-state index is 0.0661. The van der Waals surface area contributed by atoms with Crippen LogP contribution in [0.15, 0.2) is 42.5 Å². The van der Waals surface area contributed by atoms with Gasteiger partial charge in [0.2, 0.25) is 0 Å². The zero-order valence-electron chi connectivity index (χ0n) is 12.9. The van der Waals surface area contributed by atoms with E-state index in [-0.39, 0.29) is 11.9 Å². The van der Waals surface area contributed by atoms with E-state index < -0.39 is 0 Å². The van der Waals surface area contributed by atoms with E-state index in [4.69, 9.17) is 4.74 Å². The molecule has 0 radical (unpaired) electrons. The topological polar surface area (TPSA) is 24.5 Å². The molecule has 0 bridgehead atoms. The van der Waals surface area contributed by atoms with E-state index in [1.807, 2.05) is 56.3 Å². The molecule has 0 heterocycles. The van der Waals surface area contributed by atoms with Crippen LogP contribution in [-0.4, -0.2) is 21.2 Å². The van der Waals surface area contributed by atoms with Crippen LogP contribution in [0.5, 0.6) is 5.75 Å². The molecule has 1 N–H and O–H groups in total. The lowest BCUT2D eigenvalue weighted by Crippen LogP contribution is -2.18. The molecule has 0 spiro atoms. The number of halogens is 1. The summed E-state index contributed by atoms with van der Waals surface area (Å²) in [4.78, 5) is 2.04. The Morgan fingerprint density at radius 3 is 2.38 bits per heavy atom. The van der Waals surface area contributed by atoms with Gasteiger partial charge in [0.1, 0.15) is 11.6 Å². The van der Waals surface area contributed by atoms with Crippen LogP contribution >= 0.6 is 0 Å². The van der Waals surface area contributed by atoms with Gasteiger partial charge in [-0.15, -0.1) is 0 Å². The fraction of sp³-hybridized carbons (Fsp3) is 0.294. The van der Waals surface area contributed by atoms with Gasteiger partial charge < -0.3 is 15.0 Å². The molecule has 3 nitrogen and oxygen atoms in total. The number of ether oxygens (including phenoxy) is 1. The van der Waals surface area contributed by atoms with Crippen LogP contribution in [0.2, 0.25) is 0 Å². The Labute approximate surface area is 125 Å². The number of nitrogens with one attached hydrogen (secondary N) is 1. The first-order chi connectivity index (χ1) is 10.1. The Hall–Kier alpha value is -2.07. The number of benzene rings is 2. The molecule has 2 aromatic carbocycles. The van der Waals surface area contributed by atoms with Crippen molar-refractivity contribution in [1.82, 2.24) is 5.32 Å². The van der Waals surface area contributed by atoms with Crippen LogP contribution in [0.4, 0.5) is 15.8 Å². The molecule has 2 aromatic rings. The fourth-order valence-corrected chi connectivity index (χ4v) is 2.28. The first-order valence-electron chi connectivity index (χ1n) is 6.91. The highest BCUT2D eigenvalue weighted by Gasteiger charge is 2.14. The van der Waals surface area contributed by atoms with Gasteiger partial charge in [0.05, 0.1) is 7.11 Å². The number of nitrogens with zero attached hydrogens (tertiary/aromatic N) is 1. The van der Waals surface area contributed by atoms with Gasteiger partial charge in [-0.05, 0) is 62.0 Å². The van der Waals surface area contributed by atoms with Gasteiger partial charge in [0.15, 0.2) is 0 Å². The van der Waals surface area contributed by atoms with Gasteiger partial charge in [0.25, 0.3) is 0 Å². The van der Waals surface area contributed by atoms with E-state index in [2.05, 4.69) is 5.32 Å². The largest absolute Gasteiger partial charge is 0.497 e. The van der Waals surface area contributed by atoms with E-state index in [1.165, 1.54) is 6.07 Å². The van der Waals surface area contributed by atoms with E-state index in [0.717, 1.165) is 22.7 Å². The Morgan fingerprint density at radius 2 is 1.81 bits per heavy atom. The molecule has 0 aliphatic carbocycles. The monoisotopic (exact) mass is 288 g/mol. The second-order valence-corrected chi connectivity index (χ2v) is 4.97. The minimum Gasteiger partial charge on any atom is -0.497 e. The molecule has 0 saturated heterocycles. The summed E-state index contributed by atoms with van der Waals surface area (Å²) in [5, 5.41) is 3.16. The molecule has 0 aliphatic rings. The minimum atomic E-state index is -0.223. The van der Waals surface area contributed by atoms with Crippen molar-refractivity contribution in [2.24, 2.45) is 0 Å². The van der Waals surface area contributed by atoms with E-state index >= 15 is 0 Å². The Balaban J connectivity index is 2.39. The van der Waals surface area contributed by atoms with E-state index in [1.54, 1.807) is 13.2 Å². The number of methoxy groups -OCH3 is 1. The number of hydrogen-bond donors (Lipinski definition) is 1. The smallest absolute Gasteiger partial charge is 0.123 e. The molecule has 0 saturated carbocycles. The molecule has 0 amide bonds. The molecular weight excluding hydrogens is 267 g/mol. The molecule has 1 unspecified atom stereocenters. The van der Waals surface area contributed by atoms with Gasteiger partial charge in [0, 0.05) is 24.5 Å². The van der Waals surface area contributed by atoms with Crippen molar-refractivity contribution in [3.8, 4) is 5.75 Å². The van der Waals surface area contributed by atoms with Crippen LogP contribution in [0.3, 0.4) is 0 Å². The summed E-state index contributed by atoms with van der Waals surface area (Å²) in [6.07, 6.45) is 0. The summed E-state index contributed by atoms with van der Waals surface area (Å²) in [6, 6.07) is 12.7. The highest BCUT2D eigenvalue weighted by atomic mass is 19.1. The van der Waals surface area contributed by atoms with Gasteiger partial charge in [-0.25, -0.2) is 4.39 Å². The van der Waals surface area contributed by atoms with Crippen LogP contribution in [0.25, 0.3) is 0 Å². The van der Waals surface area contributed by atoms with Gasteiger partial charge >= 0.3 is 0 Å². The maximum absolute atomic E-state index is 13.5. The molecule has 4 heteroatoms. The van der Waals surface area contributed by atoms with Crippen molar-refractivity contribution in [3.05, 3.63) is 53.8 Å². The molecule has 112 valence electrons. The Kier molecular flexibility index (Phi) is 4.81. The normalized spacial score (nSPS) is 12.0. The third-order valence-electron chi connectivity index (χ3n) is 3.71. The van der Waals surface area contributed by atoms with Crippen LogP contribution in [0, 0.1) is 5.82 Å². The third-order valence-corrected chi connectivity index (χ3v) is 3.71. The average Bonchev–Trinajstić information content (AvgIpc) is 2.53. The van der Waals surface area contributed by atoms with Crippen molar-refractivity contribution >= 4 is 11.4 Å². The molecular formula is C17H21FN2O. The van der Waals surface area contributed by atoms with Gasteiger partial charge in [-0.1, -0.05) is 0 Å². The quantitative estimate of drug-likeness (QED) is 0.903. The number of hydrogen-bond acceptors (Lipinski definition) is 3. The summed E-state index contributed by atoms with van der Waals surface area (Å²) in [5.41, 5.74) is 2.92. The average molecular weight is 288 g/mol. The second kappa shape index (κ2) is 6.59. The number of anilines is 2. The maximum Gasteiger partial charge on any atom is 0.123 e. The SMILES string of the molecule is CNC(C)c1cc(F)ccc1N(C)c1ccc(OC)cc1. The third kappa shape index (κ3) is 3.34. The molecule has 21 heavy (non-hydrogen) atoms. The predicted octanol–water partition coefficient (Wildman–Crippen LogP) is 3.88. The maximum atomic E-state index is 13.5. The van der Waals surface area contributed by atoms with Gasteiger partial charge in [-0.3, -0.25) is 0 Å². The van der Waals surface area contributed by atoms with E-state index in [0.29, 0.717) is 0 Å². The highest BCUT2D eigenvalue weighted by molar-refractivity contribution is 5.67. The number of rotatable bonds is 5. The van der Waals surface area contributed by atoms with E-state index in [9.17, 15) is 4.39 Å². The summed E-state index contributed by atoms with van der Waals surface area (Å²) < 4.78 is 18.7. The summed E-state index contributed by atoms with van der Waals surface area (Å²) >= 11 is 0. The van der Waals surface area contributed by atoms with Crippen molar-refractivity contribution in [2.75, 3.05) is 26.1 Å². The van der Waals surface area contributed by atoms with Crippen molar-refractivity contribution in [3.63, 3.8) is 0 Å². The molecule has 0 fully saturated rings. The zero-order valence-corrected chi connectivity index (χ0v) is 12.9. The van der Waals surface area contributed by atoms with Gasteiger partial charge in [-0.2, -0.15) is 0 Å². The van der Waals surface area contributed by atoms with Crippen molar-refractivity contribution in [2.45, 2.75) is 13.0 Å². The molecule has 2 rings (SSSR count). The van der Waals surface area contributed by atoms with Crippen molar-refractivity contribution in [1.29, 1.82) is 0 Å². The molecule has 1 atom stereocenters. The van der Waals surface area contributed by atoms with Crippen LogP contribution in [-0.2, 0) is 0 Å². The standard InChI is InChI=1S/C17H21FN2O/c1-12(19-2)16-11-13(18)5-10-17(16)20(3)14-6-8-15(21-4)9-7-14/h5-12,19H,1-4H3.